The first-order chi connectivity index (χ1) is 11.1. The molecule has 0 aliphatic carbocycles. The van der Waals surface area contributed by atoms with Crippen LogP contribution in [0, 0.1) is 11.7 Å². The van der Waals surface area contributed by atoms with Gasteiger partial charge in [-0.15, -0.1) is 0 Å². The maximum atomic E-state index is 13.8. The van der Waals surface area contributed by atoms with Gasteiger partial charge in [-0.25, -0.2) is 9.07 Å². The van der Waals surface area contributed by atoms with Crippen LogP contribution in [0.5, 0.6) is 0 Å². The second kappa shape index (κ2) is 6.50. The number of aliphatic hydroxyl groups excluding tert-OH is 1. The molecule has 0 radical (unpaired) electrons. The van der Waals surface area contributed by atoms with Crippen LogP contribution in [0.4, 0.5) is 4.39 Å². The lowest BCUT2D eigenvalue weighted by Crippen LogP contribution is -2.40. The number of aliphatic hydroxyl groups is 1. The first kappa shape index (κ1) is 15.7. The number of piperidine rings is 1. The number of rotatable bonds is 3. The molecule has 1 amide bonds. The molecule has 1 aliphatic rings. The zero-order valence-corrected chi connectivity index (χ0v) is 13.0. The molecular formula is C17H20FN3O2. The highest BCUT2D eigenvalue weighted by Gasteiger charge is 2.26. The van der Waals surface area contributed by atoms with Crippen LogP contribution >= 0.6 is 0 Å². The van der Waals surface area contributed by atoms with Crippen LogP contribution in [0.25, 0.3) is 5.69 Å². The average molecular weight is 317 g/mol. The summed E-state index contributed by atoms with van der Waals surface area (Å²) in [5.41, 5.74) is 0.767. The Morgan fingerprint density at radius 2 is 2.04 bits per heavy atom. The molecule has 6 heteroatoms. The number of aromatic nitrogens is 2. The summed E-state index contributed by atoms with van der Waals surface area (Å²) < 4.78 is 15.2. The molecule has 1 saturated heterocycles. The highest BCUT2D eigenvalue weighted by Crippen LogP contribution is 2.22. The van der Waals surface area contributed by atoms with E-state index in [-0.39, 0.29) is 23.7 Å². The zero-order chi connectivity index (χ0) is 16.4. The molecule has 0 spiro atoms. The number of carbonyl (C=O) groups excluding carboxylic acids is 1. The number of halogens is 1. The van der Waals surface area contributed by atoms with Crippen molar-refractivity contribution in [3.63, 3.8) is 0 Å². The van der Waals surface area contributed by atoms with Crippen molar-refractivity contribution in [1.82, 2.24) is 14.7 Å². The fourth-order valence-corrected chi connectivity index (χ4v) is 2.97. The largest absolute Gasteiger partial charge is 0.393 e. The summed E-state index contributed by atoms with van der Waals surface area (Å²) >= 11 is 0. The molecule has 1 N–H and O–H groups in total. The van der Waals surface area contributed by atoms with Gasteiger partial charge in [0.15, 0.2) is 0 Å². The minimum absolute atomic E-state index is 0.100. The highest BCUT2D eigenvalue weighted by molar-refractivity contribution is 5.93. The molecule has 2 heterocycles. The van der Waals surface area contributed by atoms with E-state index in [1.54, 1.807) is 36.2 Å². The summed E-state index contributed by atoms with van der Waals surface area (Å²) in [4.78, 5) is 14.3. The molecule has 1 aliphatic heterocycles. The Kier molecular flexibility index (Phi) is 4.43. The molecule has 1 atom stereocenters. The van der Waals surface area contributed by atoms with Gasteiger partial charge in [0, 0.05) is 19.3 Å². The Morgan fingerprint density at radius 3 is 2.70 bits per heavy atom. The van der Waals surface area contributed by atoms with Gasteiger partial charge in [-0.1, -0.05) is 12.1 Å². The Labute approximate surface area is 134 Å². The highest BCUT2D eigenvalue weighted by atomic mass is 19.1. The molecule has 3 rings (SSSR count). The van der Waals surface area contributed by atoms with Crippen LogP contribution in [0.2, 0.25) is 0 Å². The van der Waals surface area contributed by atoms with Crippen LogP contribution in [-0.4, -0.2) is 44.9 Å². The van der Waals surface area contributed by atoms with Gasteiger partial charge in [-0.3, -0.25) is 4.79 Å². The third kappa shape index (κ3) is 3.27. The quantitative estimate of drug-likeness (QED) is 0.944. The molecule has 0 saturated carbocycles. The van der Waals surface area contributed by atoms with Gasteiger partial charge in [-0.05, 0) is 37.8 Å². The van der Waals surface area contributed by atoms with E-state index in [0.717, 1.165) is 12.8 Å². The maximum Gasteiger partial charge on any atom is 0.257 e. The molecule has 122 valence electrons. The molecule has 2 aromatic rings. The Bertz CT molecular complexity index is 691. The van der Waals surface area contributed by atoms with Crippen molar-refractivity contribution in [3.8, 4) is 5.69 Å². The number of amides is 1. The SMILES string of the molecule is CC(O)C1CCN(C(=O)c2cnn(-c3ccccc3F)c2)CC1. The Balaban J connectivity index is 1.71. The van der Waals surface area contributed by atoms with Gasteiger partial charge < -0.3 is 10.0 Å². The van der Waals surface area contributed by atoms with Crippen molar-refractivity contribution in [2.24, 2.45) is 5.92 Å². The summed E-state index contributed by atoms with van der Waals surface area (Å²) in [5, 5.41) is 13.7. The standard InChI is InChI=1S/C17H20FN3O2/c1-12(22)13-6-8-20(9-7-13)17(23)14-10-19-21(11-14)16-5-3-2-4-15(16)18/h2-5,10-13,22H,6-9H2,1H3. The van der Waals surface area contributed by atoms with Crippen LogP contribution in [0.3, 0.4) is 0 Å². The zero-order valence-electron chi connectivity index (χ0n) is 13.0. The lowest BCUT2D eigenvalue weighted by molar-refractivity contribution is 0.0521. The molecule has 5 nitrogen and oxygen atoms in total. The molecule has 1 aromatic carbocycles. The number of likely N-dealkylation sites (tertiary alicyclic amines) is 1. The van der Waals surface area contributed by atoms with Crippen molar-refractivity contribution in [2.45, 2.75) is 25.9 Å². The van der Waals surface area contributed by atoms with Crippen LogP contribution in [0.15, 0.2) is 36.7 Å². The third-order valence-corrected chi connectivity index (χ3v) is 4.44. The Hall–Kier alpha value is -2.21. The lowest BCUT2D eigenvalue weighted by atomic mass is 9.92. The topological polar surface area (TPSA) is 58.4 Å². The summed E-state index contributed by atoms with van der Waals surface area (Å²) in [6.45, 7) is 3.04. The van der Waals surface area contributed by atoms with Crippen molar-refractivity contribution >= 4 is 5.91 Å². The van der Waals surface area contributed by atoms with E-state index in [1.165, 1.54) is 16.9 Å². The molecule has 1 fully saturated rings. The van der Waals surface area contributed by atoms with Crippen molar-refractivity contribution in [1.29, 1.82) is 0 Å². The molecule has 1 unspecified atom stereocenters. The number of para-hydroxylation sites is 1. The number of hydrogen-bond acceptors (Lipinski definition) is 3. The van der Waals surface area contributed by atoms with Crippen LogP contribution in [-0.2, 0) is 0 Å². The fraction of sp³-hybridized carbons (Fsp3) is 0.412. The van der Waals surface area contributed by atoms with Gasteiger partial charge in [0.1, 0.15) is 11.5 Å². The van der Waals surface area contributed by atoms with Crippen molar-refractivity contribution in [3.05, 3.63) is 48.0 Å². The molecular weight excluding hydrogens is 297 g/mol. The number of hydrogen-bond donors (Lipinski definition) is 1. The molecule has 1 aromatic heterocycles. The number of benzene rings is 1. The van der Waals surface area contributed by atoms with Gasteiger partial charge >= 0.3 is 0 Å². The van der Waals surface area contributed by atoms with Gasteiger partial charge in [0.25, 0.3) is 5.91 Å². The van der Waals surface area contributed by atoms with E-state index in [9.17, 15) is 14.3 Å². The summed E-state index contributed by atoms with van der Waals surface area (Å²) in [7, 11) is 0. The number of nitrogens with zero attached hydrogens (tertiary/aromatic N) is 3. The molecule has 0 bridgehead atoms. The minimum Gasteiger partial charge on any atom is -0.393 e. The van der Waals surface area contributed by atoms with Crippen molar-refractivity contribution in [2.75, 3.05) is 13.1 Å². The van der Waals surface area contributed by atoms with Crippen LogP contribution in [0.1, 0.15) is 30.1 Å². The maximum absolute atomic E-state index is 13.8. The summed E-state index contributed by atoms with van der Waals surface area (Å²) in [5.74, 6) is -0.232. The summed E-state index contributed by atoms with van der Waals surface area (Å²) in [6.07, 6.45) is 4.28. The van der Waals surface area contributed by atoms with E-state index < -0.39 is 0 Å². The average Bonchev–Trinajstić information content (AvgIpc) is 3.04. The van der Waals surface area contributed by atoms with E-state index >= 15 is 0 Å². The first-order valence-electron chi connectivity index (χ1n) is 7.83. The lowest BCUT2D eigenvalue weighted by Gasteiger charge is -2.33. The first-order valence-corrected chi connectivity index (χ1v) is 7.83. The van der Waals surface area contributed by atoms with Crippen molar-refractivity contribution < 1.29 is 14.3 Å². The summed E-state index contributed by atoms with van der Waals surface area (Å²) in [6, 6.07) is 6.31. The van der Waals surface area contributed by atoms with E-state index in [0.29, 0.717) is 24.3 Å². The minimum atomic E-state index is -0.382. The predicted molar refractivity (Wildman–Crippen MR) is 83.8 cm³/mol. The van der Waals surface area contributed by atoms with E-state index in [1.807, 2.05) is 0 Å². The number of carbonyl (C=O) groups is 1. The second-order valence-electron chi connectivity index (χ2n) is 6.00. The van der Waals surface area contributed by atoms with Crippen LogP contribution < -0.4 is 0 Å². The van der Waals surface area contributed by atoms with E-state index in [2.05, 4.69) is 5.10 Å². The van der Waals surface area contributed by atoms with Gasteiger partial charge in [-0.2, -0.15) is 5.10 Å². The second-order valence-corrected chi connectivity index (χ2v) is 6.00. The van der Waals surface area contributed by atoms with Gasteiger partial charge in [0.05, 0.1) is 17.9 Å². The monoisotopic (exact) mass is 317 g/mol. The van der Waals surface area contributed by atoms with E-state index in [4.69, 9.17) is 0 Å². The molecule has 23 heavy (non-hydrogen) atoms. The normalized spacial score (nSPS) is 17.3. The Morgan fingerprint density at radius 1 is 1.35 bits per heavy atom. The smallest absolute Gasteiger partial charge is 0.257 e. The third-order valence-electron chi connectivity index (χ3n) is 4.44. The van der Waals surface area contributed by atoms with Gasteiger partial charge in [0.2, 0.25) is 0 Å². The predicted octanol–water partition coefficient (Wildman–Crippen LogP) is 2.24. The fourth-order valence-electron chi connectivity index (χ4n) is 2.97.